The van der Waals surface area contributed by atoms with Gasteiger partial charge in [0.2, 0.25) is 5.91 Å². The molecule has 2 aromatic rings. The maximum atomic E-state index is 12.9. The maximum Gasteiger partial charge on any atom is 0.291 e. The summed E-state index contributed by atoms with van der Waals surface area (Å²) in [6, 6.07) is 4.15. The molecule has 0 unspecified atom stereocenters. The molecule has 0 saturated carbocycles. The van der Waals surface area contributed by atoms with E-state index in [0.717, 1.165) is 56.7 Å². The second-order valence-corrected chi connectivity index (χ2v) is 8.71. The van der Waals surface area contributed by atoms with Crippen LogP contribution >= 0.6 is 0 Å². The van der Waals surface area contributed by atoms with E-state index < -0.39 is 0 Å². The van der Waals surface area contributed by atoms with Crippen molar-refractivity contribution in [3.8, 4) is 0 Å². The van der Waals surface area contributed by atoms with Gasteiger partial charge in [-0.05, 0) is 61.4 Å². The highest BCUT2D eigenvalue weighted by atomic mass is 16.2. The lowest BCUT2D eigenvalue weighted by Gasteiger charge is -2.33. The monoisotopic (exact) mass is 448 g/mol. The molecule has 0 atom stereocenters. The second kappa shape index (κ2) is 10.1. The van der Waals surface area contributed by atoms with Crippen LogP contribution in [0.4, 0.5) is 5.69 Å². The number of benzene rings is 1. The number of nitrogens with one attached hydrogen (secondary N) is 3. The molecule has 2 amide bonds. The van der Waals surface area contributed by atoms with E-state index in [2.05, 4.69) is 44.7 Å². The summed E-state index contributed by atoms with van der Waals surface area (Å²) in [7, 11) is 1.67. The third-order valence-electron chi connectivity index (χ3n) is 6.56. The van der Waals surface area contributed by atoms with Crippen LogP contribution in [-0.4, -0.2) is 66.1 Å². The normalized spacial score (nSPS) is 17.3. The zero-order chi connectivity index (χ0) is 23.4. The van der Waals surface area contributed by atoms with Gasteiger partial charge in [0.15, 0.2) is 5.82 Å². The summed E-state index contributed by atoms with van der Waals surface area (Å²) in [6.07, 6.45) is 8.36. The first-order chi connectivity index (χ1) is 16.0. The molecule has 8 nitrogen and oxygen atoms in total. The lowest BCUT2D eigenvalue weighted by atomic mass is 9.83. The van der Waals surface area contributed by atoms with Crippen LogP contribution in [0.1, 0.15) is 65.1 Å². The fourth-order valence-electron chi connectivity index (χ4n) is 4.86. The minimum absolute atomic E-state index is 0.147. The smallest absolute Gasteiger partial charge is 0.291 e. The van der Waals surface area contributed by atoms with Crippen LogP contribution in [0.5, 0.6) is 0 Å². The van der Waals surface area contributed by atoms with Crippen LogP contribution in [-0.2, 0) is 4.79 Å². The number of carbonyl (C=O) groups is 2. The molecule has 3 heterocycles. The third kappa shape index (κ3) is 5.06. The van der Waals surface area contributed by atoms with Gasteiger partial charge in [0.1, 0.15) is 0 Å². The van der Waals surface area contributed by atoms with Crippen molar-refractivity contribution < 1.29 is 9.59 Å². The molecule has 1 saturated heterocycles. The molecular weight excluding hydrogens is 416 g/mol. The summed E-state index contributed by atoms with van der Waals surface area (Å²) >= 11 is 0. The van der Waals surface area contributed by atoms with Gasteiger partial charge in [-0.1, -0.05) is 12.1 Å². The molecule has 0 aliphatic carbocycles. The zero-order valence-corrected chi connectivity index (χ0v) is 19.6. The van der Waals surface area contributed by atoms with Crippen LogP contribution in [0.2, 0.25) is 0 Å². The summed E-state index contributed by atoms with van der Waals surface area (Å²) in [5.41, 5.74) is 6.27. The first-order valence-corrected chi connectivity index (χ1v) is 11.6. The number of likely N-dealkylation sites (tertiary alicyclic amines) is 1. The Bertz CT molecular complexity index is 1090. The molecule has 2 aliphatic rings. The number of aromatic nitrogens is 2. The van der Waals surface area contributed by atoms with Gasteiger partial charge in [-0.15, -0.1) is 0 Å². The molecule has 0 bridgehead atoms. The number of H-pyrrole nitrogens is 1. The first kappa shape index (κ1) is 22.9. The van der Waals surface area contributed by atoms with E-state index >= 15 is 0 Å². The summed E-state index contributed by atoms with van der Waals surface area (Å²) < 4.78 is 0. The molecule has 174 valence electrons. The van der Waals surface area contributed by atoms with Crippen molar-refractivity contribution in [2.75, 3.05) is 38.5 Å². The standard InChI is InChI=1S/C25H32N6O2/c1-16-21(18-8-11-31(12-9-18)17(2)32)6-7-22(23(16)19-5-4-10-27-13-19)30-25(33)24-28-15-20(29-24)14-26-3/h5-7,14-15,18,27H,4,8-13H2,1-3H3,(H,28,29)(H,30,33). The Morgan fingerprint density at radius 2 is 2.06 bits per heavy atom. The maximum absolute atomic E-state index is 12.9. The van der Waals surface area contributed by atoms with Gasteiger partial charge < -0.3 is 20.5 Å². The SMILES string of the molecule is CN=Cc1cnc(C(=O)Nc2ccc(C3CCN(C(C)=O)CC3)c(C)c2C2=CCCNC2)[nH]1. The summed E-state index contributed by atoms with van der Waals surface area (Å²) in [4.78, 5) is 37.7. The van der Waals surface area contributed by atoms with Crippen molar-refractivity contribution in [1.82, 2.24) is 20.2 Å². The average molecular weight is 449 g/mol. The number of anilines is 1. The van der Waals surface area contributed by atoms with Crippen molar-refractivity contribution in [3.05, 3.63) is 52.6 Å². The molecule has 1 fully saturated rings. The molecule has 2 aliphatic heterocycles. The Morgan fingerprint density at radius 1 is 1.27 bits per heavy atom. The molecule has 0 radical (unpaired) electrons. The topological polar surface area (TPSA) is 102 Å². The van der Waals surface area contributed by atoms with Crippen LogP contribution in [0.15, 0.2) is 29.4 Å². The van der Waals surface area contributed by atoms with E-state index in [1.54, 1.807) is 26.4 Å². The summed E-state index contributed by atoms with van der Waals surface area (Å²) in [5, 5.41) is 6.52. The van der Waals surface area contributed by atoms with E-state index in [1.165, 1.54) is 16.7 Å². The highest BCUT2D eigenvalue weighted by molar-refractivity contribution is 6.04. The Labute approximate surface area is 194 Å². The fraction of sp³-hybridized carbons (Fsp3) is 0.440. The van der Waals surface area contributed by atoms with Gasteiger partial charge in [0.25, 0.3) is 5.91 Å². The Kier molecular flexibility index (Phi) is 7.03. The number of hydrogen-bond donors (Lipinski definition) is 3. The highest BCUT2D eigenvalue weighted by Crippen LogP contribution is 2.37. The highest BCUT2D eigenvalue weighted by Gasteiger charge is 2.26. The molecule has 33 heavy (non-hydrogen) atoms. The number of nitrogens with zero attached hydrogens (tertiary/aromatic N) is 3. The number of rotatable bonds is 5. The average Bonchev–Trinajstić information content (AvgIpc) is 3.29. The van der Waals surface area contributed by atoms with Gasteiger partial charge in [-0.3, -0.25) is 14.6 Å². The Hall–Kier alpha value is -3.26. The molecular formula is C25H32N6O2. The van der Waals surface area contributed by atoms with Crippen molar-refractivity contribution in [2.45, 2.75) is 39.0 Å². The molecule has 8 heteroatoms. The lowest BCUT2D eigenvalue weighted by Crippen LogP contribution is -2.36. The fourth-order valence-corrected chi connectivity index (χ4v) is 4.86. The number of hydrogen-bond acceptors (Lipinski definition) is 5. The quantitative estimate of drug-likeness (QED) is 0.612. The van der Waals surface area contributed by atoms with E-state index in [-0.39, 0.29) is 17.6 Å². The van der Waals surface area contributed by atoms with Crippen molar-refractivity contribution >= 4 is 29.3 Å². The molecule has 4 rings (SSSR count). The van der Waals surface area contributed by atoms with Crippen LogP contribution < -0.4 is 10.6 Å². The molecule has 1 aromatic carbocycles. The first-order valence-electron chi connectivity index (χ1n) is 11.6. The van der Waals surface area contributed by atoms with Crippen molar-refractivity contribution in [1.29, 1.82) is 0 Å². The van der Waals surface area contributed by atoms with E-state index in [0.29, 0.717) is 11.6 Å². The van der Waals surface area contributed by atoms with Crippen LogP contribution in [0, 0.1) is 6.92 Å². The largest absolute Gasteiger partial charge is 0.343 e. The van der Waals surface area contributed by atoms with Gasteiger partial charge >= 0.3 is 0 Å². The predicted octanol–water partition coefficient (Wildman–Crippen LogP) is 3.12. The van der Waals surface area contributed by atoms with E-state index in [9.17, 15) is 9.59 Å². The van der Waals surface area contributed by atoms with E-state index in [4.69, 9.17) is 0 Å². The molecule has 0 spiro atoms. The van der Waals surface area contributed by atoms with Crippen molar-refractivity contribution in [3.63, 3.8) is 0 Å². The third-order valence-corrected chi connectivity index (χ3v) is 6.56. The van der Waals surface area contributed by atoms with Crippen LogP contribution in [0.3, 0.4) is 0 Å². The van der Waals surface area contributed by atoms with Gasteiger partial charge in [0.05, 0.1) is 11.9 Å². The van der Waals surface area contributed by atoms with Gasteiger partial charge in [0, 0.05) is 51.1 Å². The number of imidazole rings is 1. The van der Waals surface area contributed by atoms with Gasteiger partial charge in [-0.25, -0.2) is 4.98 Å². The predicted molar refractivity (Wildman–Crippen MR) is 131 cm³/mol. The minimum atomic E-state index is -0.279. The van der Waals surface area contributed by atoms with Gasteiger partial charge in [-0.2, -0.15) is 0 Å². The summed E-state index contributed by atoms with van der Waals surface area (Å²) in [6.45, 7) is 7.10. The van der Waals surface area contributed by atoms with Crippen LogP contribution in [0.25, 0.3) is 5.57 Å². The number of carbonyl (C=O) groups excluding carboxylic acids is 2. The summed E-state index contributed by atoms with van der Waals surface area (Å²) in [5.74, 6) is 0.527. The number of aliphatic imine (C=N–C) groups is 1. The van der Waals surface area contributed by atoms with E-state index in [1.807, 2.05) is 11.0 Å². The zero-order valence-electron chi connectivity index (χ0n) is 19.6. The minimum Gasteiger partial charge on any atom is -0.343 e. The molecule has 1 aromatic heterocycles. The Balaban J connectivity index is 1.64. The number of amides is 2. The van der Waals surface area contributed by atoms with Crippen molar-refractivity contribution in [2.24, 2.45) is 4.99 Å². The Morgan fingerprint density at radius 3 is 2.73 bits per heavy atom. The number of aromatic amines is 1. The second-order valence-electron chi connectivity index (χ2n) is 8.71. The molecule has 3 N–H and O–H groups in total. The number of piperidine rings is 1. The lowest BCUT2D eigenvalue weighted by molar-refractivity contribution is -0.129.